The lowest BCUT2D eigenvalue weighted by molar-refractivity contribution is 0.102. The van der Waals surface area contributed by atoms with Gasteiger partial charge in [0.2, 0.25) is 0 Å². The summed E-state index contributed by atoms with van der Waals surface area (Å²) in [6.45, 7) is 12.9. The van der Waals surface area contributed by atoms with Crippen molar-refractivity contribution in [2.75, 3.05) is 31.6 Å². The molecule has 52 heavy (non-hydrogen) atoms. The van der Waals surface area contributed by atoms with Crippen molar-refractivity contribution in [1.29, 1.82) is 0 Å². The monoisotopic (exact) mass is 700 g/mol. The maximum absolute atomic E-state index is 13.7. The number of hydrogen-bond donors (Lipinski definition) is 1. The molecule has 2 aromatic carbocycles. The van der Waals surface area contributed by atoms with Crippen LogP contribution in [0.3, 0.4) is 0 Å². The molecule has 5 aromatic rings. The molecule has 1 N–H and O–H groups in total. The Morgan fingerprint density at radius 3 is 2.62 bits per heavy atom. The third kappa shape index (κ3) is 6.49. The molecule has 3 atom stereocenters. The van der Waals surface area contributed by atoms with Crippen LogP contribution in [0.4, 0.5) is 5.82 Å². The number of benzene rings is 2. The van der Waals surface area contributed by atoms with Gasteiger partial charge in [0.1, 0.15) is 28.6 Å². The Labute approximate surface area is 304 Å². The summed E-state index contributed by atoms with van der Waals surface area (Å²) in [6, 6.07) is 17.3. The molecule has 8 rings (SSSR count). The number of nitrogens with zero attached hydrogens (tertiary/aromatic N) is 5. The average Bonchev–Trinajstić information content (AvgIpc) is 3.78. The van der Waals surface area contributed by atoms with Gasteiger partial charge < -0.3 is 19.7 Å². The SMILES string of the molecule is Cc1c(C(=O)Nc2ccc(Oc3ccnc4cc(OCCCN5CC(C)C6(CC6)C5)ccc34)cn2)c(=O)n(-c2ccc3c(c2)CC(C)CC3C)n1C. The summed E-state index contributed by atoms with van der Waals surface area (Å²) in [5.74, 6) is 3.63. The van der Waals surface area contributed by atoms with Crippen molar-refractivity contribution in [3.8, 4) is 22.9 Å². The van der Waals surface area contributed by atoms with E-state index in [2.05, 4.69) is 53.1 Å². The standard InChI is InChI=1S/C42H48N6O4/c1-26-19-27(2)34-10-7-31(21-30(34)20-26)48-41(50)39(29(4)46(48)5)40(49)45-38-12-9-33(23-44-38)52-37-13-16-43-36-22-32(8-11-35(36)37)51-18-6-17-47-24-28(3)42(25-47)14-15-42/h7-13,16,21-23,26-28H,6,14-15,17-20,24-25H2,1-5H3,(H,44,45,49). The van der Waals surface area contributed by atoms with Crippen molar-refractivity contribution in [2.24, 2.45) is 24.3 Å². The third-order valence-corrected chi connectivity index (χ3v) is 11.8. The van der Waals surface area contributed by atoms with Crippen LogP contribution in [-0.2, 0) is 13.5 Å². The summed E-state index contributed by atoms with van der Waals surface area (Å²) >= 11 is 0. The van der Waals surface area contributed by atoms with Gasteiger partial charge in [-0.3, -0.25) is 19.3 Å². The molecule has 0 bridgehead atoms. The summed E-state index contributed by atoms with van der Waals surface area (Å²) < 4.78 is 15.6. The van der Waals surface area contributed by atoms with Crippen molar-refractivity contribution < 1.29 is 14.3 Å². The van der Waals surface area contributed by atoms with Gasteiger partial charge in [-0.25, -0.2) is 9.67 Å². The van der Waals surface area contributed by atoms with Gasteiger partial charge in [-0.05, 0) is 116 Å². The van der Waals surface area contributed by atoms with Crippen LogP contribution in [0, 0.1) is 24.2 Å². The zero-order valence-corrected chi connectivity index (χ0v) is 30.8. The molecule has 270 valence electrons. The Morgan fingerprint density at radius 1 is 1.02 bits per heavy atom. The summed E-state index contributed by atoms with van der Waals surface area (Å²) in [6.07, 6.45) is 9.20. The molecule has 0 radical (unpaired) electrons. The number of ether oxygens (including phenoxy) is 2. The van der Waals surface area contributed by atoms with Gasteiger partial charge in [0, 0.05) is 44.3 Å². The van der Waals surface area contributed by atoms with Crippen LogP contribution in [0.25, 0.3) is 16.6 Å². The smallest absolute Gasteiger partial charge is 0.284 e. The van der Waals surface area contributed by atoms with Gasteiger partial charge in [-0.2, -0.15) is 0 Å². The van der Waals surface area contributed by atoms with Gasteiger partial charge >= 0.3 is 0 Å². The number of nitrogens with one attached hydrogen (secondary N) is 1. The first-order valence-corrected chi connectivity index (χ1v) is 18.7. The Hall–Kier alpha value is -4.96. The van der Waals surface area contributed by atoms with E-state index in [1.807, 2.05) is 30.3 Å². The van der Waals surface area contributed by atoms with Crippen LogP contribution < -0.4 is 20.3 Å². The molecule has 3 unspecified atom stereocenters. The van der Waals surface area contributed by atoms with Crippen molar-refractivity contribution in [2.45, 2.75) is 65.7 Å². The predicted molar refractivity (Wildman–Crippen MR) is 203 cm³/mol. The minimum Gasteiger partial charge on any atom is -0.493 e. The van der Waals surface area contributed by atoms with Crippen LogP contribution in [0.2, 0.25) is 0 Å². The second kappa shape index (κ2) is 13.5. The van der Waals surface area contributed by atoms with E-state index in [1.54, 1.807) is 47.9 Å². The highest BCUT2D eigenvalue weighted by Crippen LogP contribution is 2.56. The van der Waals surface area contributed by atoms with E-state index >= 15 is 0 Å². The van der Waals surface area contributed by atoms with Crippen LogP contribution in [-0.4, -0.2) is 56.4 Å². The van der Waals surface area contributed by atoms with Crippen LogP contribution in [0.5, 0.6) is 17.2 Å². The second-order valence-corrected chi connectivity index (χ2v) is 15.6. The molecule has 1 saturated heterocycles. The summed E-state index contributed by atoms with van der Waals surface area (Å²) in [4.78, 5) is 38.7. The number of aromatic nitrogens is 4. The minimum absolute atomic E-state index is 0.0865. The van der Waals surface area contributed by atoms with E-state index in [0.29, 0.717) is 46.9 Å². The van der Waals surface area contributed by atoms with Crippen molar-refractivity contribution >= 4 is 22.6 Å². The molecule has 4 heterocycles. The highest BCUT2D eigenvalue weighted by molar-refractivity contribution is 6.04. The highest BCUT2D eigenvalue weighted by Gasteiger charge is 2.52. The lowest BCUT2D eigenvalue weighted by atomic mass is 9.78. The summed E-state index contributed by atoms with van der Waals surface area (Å²) in [5.41, 5.74) is 5.06. The number of anilines is 1. The molecule has 1 spiro atoms. The van der Waals surface area contributed by atoms with Gasteiger partial charge in [0.15, 0.2) is 0 Å². The number of amides is 1. The number of carbonyl (C=O) groups excluding carboxylic acids is 1. The molecule has 1 amide bonds. The molecule has 3 aliphatic rings. The number of carbonyl (C=O) groups is 1. The van der Waals surface area contributed by atoms with Gasteiger partial charge in [0.05, 0.1) is 29.7 Å². The molecular formula is C42H48N6O4. The van der Waals surface area contributed by atoms with E-state index in [4.69, 9.17) is 9.47 Å². The van der Waals surface area contributed by atoms with E-state index < -0.39 is 5.91 Å². The Balaban J connectivity index is 0.903. The minimum atomic E-state index is -0.506. The first-order chi connectivity index (χ1) is 25.1. The second-order valence-electron chi connectivity index (χ2n) is 15.6. The van der Waals surface area contributed by atoms with Crippen molar-refractivity contribution in [3.05, 3.63) is 99.7 Å². The van der Waals surface area contributed by atoms with E-state index in [-0.39, 0.29) is 11.1 Å². The van der Waals surface area contributed by atoms with E-state index in [0.717, 1.165) is 54.1 Å². The maximum atomic E-state index is 13.7. The van der Waals surface area contributed by atoms with Gasteiger partial charge in [-0.1, -0.05) is 26.8 Å². The largest absolute Gasteiger partial charge is 0.493 e. The van der Waals surface area contributed by atoms with Gasteiger partial charge in [0.25, 0.3) is 11.5 Å². The molecule has 10 heteroatoms. The lowest BCUT2D eigenvalue weighted by Gasteiger charge is -2.27. The summed E-state index contributed by atoms with van der Waals surface area (Å²) in [5, 5.41) is 3.66. The number of fused-ring (bicyclic) bond motifs is 2. The van der Waals surface area contributed by atoms with Crippen LogP contribution in [0.1, 0.15) is 79.6 Å². The van der Waals surface area contributed by atoms with Crippen molar-refractivity contribution in [3.63, 3.8) is 0 Å². The topological polar surface area (TPSA) is 104 Å². The zero-order chi connectivity index (χ0) is 36.1. The molecule has 3 aromatic heterocycles. The average molecular weight is 701 g/mol. The maximum Gasteiger partial charge on any atom is 0.284 e. The van der Waals surface area contributed by atoms with E-state index in [9.17, 15) is 9.59 Å². The first-order valence-electron chi connectivity index (χ1n) is 18.7. The normalized spacial score (nSPS) is 20.6. The first kappa shape index (κ1) is 34.1. The zero-order valence-electron chi connectivity index (χ0n) is 30.8. The van der Waals surface area contributed by atoms with Gasteiger partial charge in [-0.15, -0.1) is 0 Å². The van der Waals surface area contributed by atoms with Crippen LogP contribution >= 0.6 is 0 Å². The molecule has 1 aliphatic heterocycles. The fourth-order valence-electron chi connectivity index (χ4n) is 8.64. The Bertz CT molecular complexity index is 2200. The fourth-order valence-corrected chi connectivity index (χ4v) is 8.64. The Kier molecular flexibility index (Phi) is 8.89. The van der Waals surface area contributed by atoms with Crippen molar-refractivity contribution in [1.82, 2.24) is 24.2 Å². The number of hydrogen-bond acceptors (Lipinski definition) is 7. The molecule has 2 fully saturated rings. The molecule has 1 saturated carbocycles. The third-order valence-electron chi connectivity index (χ3n) is 11.8. The summed E-state index contributed by atoms with van der Waals surface area (Å²) in [7, 11) is 1.80. The van der Waals surface area contributed by atoms with E-state index in [1.165, 1.54) is 37.1 Å². The lowest BCUT2D eigenvalue weighted by Crippen LogP contribution is -2.26. The molecule has 2 aliphatic carbocycles. The quantitative estimate of drug-likeness (QED) is 0.149. The highest BCUT2D eigenvalue weighted by atomic mass is 16.5. The fraction of sp³-hybridized carbons (Fsp3) is 0.429. The number of pyridine rings is 2. The molecular weight excluding hydrogens is 652 g/mol. The Morgan fingerprint density at radius 2 is 1.85 bits per heavy atom. The van der Waals surface area contributed by atoms with Crippen LogP contribution in [0.15, 0.2) is 71.8 Å². The number of rotatable bonds is 10. The predicted octanol–water partition coefficient (Wildman–Crippen LogP) is 7.66. The number of likely N-dealkylation sites (tertiary alicyclic amines) is 1. The molecule has 10 nitrogen and oxygen atoms in total.